The van der Waals surface area contributed by atoms with Crippen molar-refractivity contribution in [2.24, 2.45) is 10.8 Å². The summed E-state index contributed by atoms with van der Waals surface area (Å²) < 4.78 is 2.64. The van der Waals surface area contributed by atoms with Crippen LogP contribution in [0, 0.1) is 16.9 Å². The summed E-state index contributed by atoms with van der Waals surface area (Å²) in [5, 5.41) is 15.3. The summed E-state index contributed by atoms with van der Waals surface area (Å²) in [6.07, 6.45) is 9.20. The first-order valence-electron chi connectivity index (χ1n) is 19.5. The number of carbonyl (C=O) groups excluding carboxylic acids is 1. The van der Waals surface area contributed by atoms with E-state index in [-0.39, 0.29) is 58.7 Å². The molecule has 0 unspecified atom stereocenters. The molecule has 1 aliphatic carbocycles. The zero-order valence-corrected chi connectivity index (χ0v) is 37.8. The fourth-order valence-corrected chi connectivity index (χ4v) is 8.84. The first-order valence-corrected chi connectivity index (χ1v) is 20.3. The Hall–Kier alpha value is -2.85. The molecule has 0 amide bonds. The first kappa shape index (κ1) is 42.9. The van der Waals surface area contributed by atoms with Crippen molar-refractivity contribution in [2.45, 2.75) is 145 Å². The molecule has 1 radical (unpaired) electrons. The zero-order valence-electron chi connectivity index (χ0n) is 34.6. The van der Waals surface area contributed by atoms with E-state index in [4.69, 9.17) is 4.98 Å². The monoisotopic (exact) mass is 909 g/mol. The van der Waals surface area contributed by atoms with Crippen LogP contribution in [0.5, 0.6) is 0 Å². The molecule has 0 fully saturated rings. The molecule has 5 aromatic rings. The predicted molar refractivity (Wildman–Crippen MR) is 226 cm³/mol. The Morgan fingerprint density at radius 2 is 1.38 bits per heavy atom. The van der Waals surface area contributed by atoms with Gasteiger partial charge in [0.05, 0.1) is 0 Å². The topological polar surface area (TPSA) is 50.2 Å². The second-order valence-electron chi connectivity index (χ2n) is 18.1. The van der Waals surface area contributed by atoms with E-state index >= 15 is 0 Å². The molecule has 0 spiro atoms. The van der Waals surface area contributed by atoms with E-state index in [9.17, 15) is 9.90 Å². The summed E-state index contributed by atoms with van der Waals surface area (Å²) >= 11 is 1.89. The third-order valence-electron chi connectivity index (χ3n) is 12.8. The summed E-state index contributed by atoms with van der Waals surface area (Å²) in [4.78, 5) is 17.1. The van der Waals surface area contributed by atoms with Gasteiger partial charge in [-0.3, -0.25) is 9.78 Å². The van der Waals surface area contributed by atoms with E-state index in [0.29, 0.717) is 0 Å². The van der Waals surface area contributed by atoms with Crippen molar-refractivity contribution in [2.75, 3.05) is 0 Å². The van der Waals surface area contributed by atoms with Crippen LogP contribution in [-0.4, -0.2) is 15.9 Å². The van der Waals surface area contributed by atoms with Gasteiger partial charge in [-0.2, -0.15) is 0 Å². The van der Waals surface area contributed by atoms with Gasteiger partial charge in [0.1, 0.15) is 5.76 Å². The normalized spacial score (nSPS) is 15.8. The number of nitrogens with zero attached hydrogens (tertiary/aromatic N) is 1. The third kappa shape index (κ3) is 8.24. The van der Waals surface area contributed by atoms with Gasteiger partial charge in [0.2, 0.25) is 0 Å². The summed E-state index contributed by atoms with van der Waals surface area (Å²) in [6, 6.07) is 21.9. The number of aliphatic hydroxyl groups is 1. The van der Waals surface area contributed by atoms with Crippen LogP contribution in [0.4, 0.5) is 0 Å². The van der Waals surface area contributed by atoms with E-state index < -0.39 is 0 Å². The van der Waals surface area contributed by atoms with Gasteiger partial charge in [-0.25, -0.2) is 0 Å². The van der Waals surface area contributed by atoms with Crippen LogP contribution in [0.25, 0.3) is 42.2 Å². The molecule has 0 saturated carbocycles. The number of fused-ring (bicyclic) bond motifs is 5. The number of rotatable bonds is 8. The van der Waals surface area contributed by atoms with Crippen molar-refractivity contribution in [3.63, 3.8) is 0 Å². The Bertz CT molecular complexity index is 2140. The maximum absolute atomic E-state index is 12.2. The Labute approximate surface area is 337 Å². The minimum absolute atomic E-state index is 0. The largest absolute Gasteiger partial charge is 0.512 e. The first-order chi connectivity index (χ1) is 24.2. The van der Waals surface area contributed by atoms with Crippen LogP contribution in [0.3, 0.4) is 0 Å². The fourth-order valence-electron chi connectivity index (χ4n) is 7.62. The molecule has 2 heterocycles. The Balaban J connectivity index is 0.000000299. The molecule has 0 bridgehead atoms. The van der Waals surface area contributed by atoms with E-state index in [1.165, 1.54) is 61.2 Å². The number of benzene rings is 3. The second-order valence-corrected chi connectivity index (χ2v) is 19.2. The van der Waals surface area contributed by atoms with Crippen molar-refractivity contribution in [1.82, 2.24) is 4.98 Å². The molecular formula is C48H62IrNO2S-. The number of ketones is 1. The minimum atomic E-state index is -0.337. The van der Waals surface area contributed by atoms with Crippen LogP contribution >= 0.6 is 11.3 Å². The van der Waals surface area contributed by atoms with Gasteiger partial charge < -0.3 is 5.11 Å². The van der Waals surface area contributed by atoms with E-state index in [0.717, 1.165) is 42.3 Å². The average molecular weight is 909 g/mol. The maximum Gasteiger partial charge on any atom is 0.164 e. The maximum atomic E-state index is 12.2. The second kappa shape index (κ2) is 15.7. The van der Waals surface area contributed by atoms with E-state index in [1.54, 1.807) is 0 Å². The molecule has 2 aromatic heterocycles. The van der Waals surface area contributed by atoms with Gasteiger partial charge in [-0.05, 0) is 89.5 Å². The quantitative estimate of drug-likeness (QED) is 0.0959. The van der Waals surface area contributed by atoms with Crippen molar-refractivity contribution in [1.29, 1.82) is 0 Å². The van der Waals surface area contributed by atoms with E-state index in [2.05, 4.69) is 103 Å². The minimum Gasteiger partial charge on any atom is -0.512 e. The molecule has 1 aliphatic rings. The molecule has 1 N–H and O–H groups in total. The molecule has 6 rings (SSSR count). The van der Waals surface area contributed by atoms with Crippen molar-refractivity contribution in [3.8, 4) is 11.3 Å². The molecule has 287 valence electrons. The molecule has 0 aliphatic heterocycles. The fraction of sp³-hybridized carbons (Fsp3) is 0.500. The van der Waals surface area contributed by atoms with E-state index in [1.807, 2.05) is 59.1 Å². The van der Waals surface area contributed by atoms with Gasteiger partial charge in [-0.15, -0.1) is 40.5 Å². The summed E-state index contributed by atoms with van der Waals surface area (Å²) in [6.45, 7) is 28.6. The summed E-state index contributed by atoms with van der Waals surface area (Å²) in [5.74, 6) is 0.286. The zero-order chi connectivity index (χ0) is 38.4. The molecule has 0 atom stereocenters. The molecule has 3 nitrogen and oxygen atoms in total. The molecule has 5 heteroatoms. The Kier molecular flexibility index (Phi) is 12.7. The van der Waals surface area contributed by atoms with Crippen molar-refractivity contribution in [3.05, 3.63) is 89.3 Å². The van der Waals surface area contributed by atoms with Crippen molar-refractivity contribution >= 4 is 48.1 Å². The number of hydrogen-bond donors (Lipinski definition) is 1. The van der Waals surface area contributed by atoms with Gasteiger partial charge >= 0.3 is 0 Å². The van der Waals surface area contributed by atoms with Gasteiger partial charge in [0.25, 0.3) is 0 Å². The number of hydrogen-bond acceptors (Lipinski definition) is 4. The van der Waals surface area contributed by atoms with Crippen LogP contribution in [0.2, 0.25) is 0 Å². The standard InChI is InChI=1S/C33H34NS.C15H28O2.Ir/c1-31(2,3)25-17-21(16-20-10-8-9-11-22(20)25)29-30-23(12-15-34-29)24-18-26-27(19-28(24)35-30)33(6,7)14-13-32(26,4)5;1-7-14(5,8-2)12(16)11-13(17)15(6,9-3)10-4;/h8-12,15,17-19H,13-14H2,1-7H3;11,16H,7-10H2,1-6H3;/q-1;;/b;12-11-;. The Morgan fingerprint density at radius 3 is 1.94 bits per heavy atom. The molecule has 53 heavy (non-hydrogen) atoms. The summed E-state index contributed by atoms with van der Waals surface area (Å²) in [7, 11) is 0. The average Bonchev–Trinajstić information content (AvgIpc) is 3.49. The predicted octanol–water partition coefficient (Wildman–Crippen LogP) is 14.4. The summed E-state index contributed by atoms with van der Waals surface area (Å²) in [5.41, 5.74) is 6.39. The Morgan fingerprint density at radius 1 is 0.811 bits per heavy atom. The molecule has 0 saturated heterocycles. The number of thiophene rings is 1. The number of aliphatic hydroxyl groups excluding tert-OH is 1. The van der Waals surface area contributed by atoms with Crippen LogP contribution in [0.15, 0.2) is 66.6 Å². The number of carbonyl (C=O) groups is 1. The van der Waals surface area contributed by atoms with Gasteiger partial charge in [0, 0.05) is 63.7 Å². The number of aromatic nitrogens is 1. The van der Waals surface area contributed by atoms with Crippen LogP contribution in [0.1, 0.15) is 145 Å². The van der Waals surface area contributed by atoms with Gasteiger partial charge in [-0.1, -0.05) is 119 Å². The van der Waals surface area contributed by atoms with Crippen LogP contribution < -0.4 is 0 Å². The molecular weight excluding hydrogens is 847 g/mol. The smallest absolute Gasteiger partial charge is 0.164 e. The number of pyridine rings is 1. The SMILES string of the molecule is CC(C)(C)c1cc(-c2nccc3c2sc2cc4c(cc23)C(C)(C)CCC4(C)C)[c-]c2ccccc12.CCC(C)(CC)C(=O)/C=C(\O)C(C)(CC)CC.[Ir]. The van der Waals surface area contributed by atoms with Gasteiger partial charge in [0.15, 0.2) is 5.78 Å². The number of allylic oxidation sites excluding steroid dienone is 2. The van der Waals surface area contributed by atoms with Crippen LogP contribution in [-0.2, 0) is 41.1 Å². The third-order valence-corrected chi connectivity index (χ3v) is 14.0. The van der Waals surface area contributed by atoms with Crippen molar-refractivity contribution < 1.29 is 30.0 Å². The molecule has 3 aromatic carbocycles.